The molecule has 148 valence electrons. The van der Waals surface area contributed by atoms with Crippen LogP contribution in [-0.2, 0) is 4.79 Å². The summed E-state index contributed by atoms with van der Waals surface area (Å²) in [6.45, 7) is 0.605. The van der Waals surface area contributed by atoms with Gasteiger partial charge < -0.3 is 10.6 Å². The highest BCUT2D eigenvalue weighted by molar-refractivity contribution is 8.00. The SMILES string of the molecule is O=C1N[C@H](CNc2ncccn2)CCS[C@@H]1c1cccc(-c2ccc(Cl)cc2)c1. The third kappa shape index (κ3) is 5.08. The number of carbonyl (C=O) groups is 1. The van der Waals surface area contributed by atoms with E-state index in [0.29, 0.717) is 17.5 Å². The van der Waals surface area contributed by atoms with Crippen LogP contribution in [0.2, 0.25) is 5.02 Å². The van der Waals surface area contributed by atoms with E-state index in [9.17, 15) is 4.79 Å². The highest BCUT2D eigenvalue weighted by atomic mass is 35.5. The smallest absolute Gasteiger partial charge is 0.237 e. The molecule has 5 nitrogen and oxygen atoms in total. The van der Waals surface area contributed by atoms with E-state index >= 15 is 0 Å². The van der Waals surface area contributed by atoms with E-state index in [-0.39, 0.29) is 17.2 Å². The fourth-order valence-electron chi connectivity index (χ4n) is 3.28. The van der Waals surface area contributed by atoms with E-state index in [2.05, 4.69) is 32.7 Å². The normalized spacial score (nSPS) is 19.3. The minimum Gasteiger partial charge on any atom is -0.352 e. The number of hydrogen-bond acceptors (Lipinski definition) is 5. The zero-order valence-electron chi connectivity index (χ0n) is 15.7. The lowest BCUT2D eigenvalue weighted by Gasteiger charge is -2.18. The van der Waals surface area contributed by atoms with Gasteiger partial charge in [0.25, 0.3) is 0 Å². The fraction of sp³-hybridized carbons (Fsp3) is 0.227. The maximum atomic E-state index is 12.9. The molecule has 0 saturated carbocycles. The maximum absolute atomic E-state index is 12.9. The molecular formula is C22H21ClN4OS. The monoisotopic (exact) mass is 424 g/mol. The lowest BCUT2D eigenvalue weighted by molar-refractivity contribution is -0.121. The van der Waals surface area contributed by atoms with Crippen LogP contribution in [0.1, 0.15) is 17.2 Å². The van der Waals surface area contributed by atoms with Gasteiger partial charge in [0.05, 0.1) is 0 Å². The molecule has 1 fully saturated rings. The summed E-state index contributed by atoms with van der Waals surface area (Å²) in [5.41, 5.74) is 3.18. The number of carbonyl (C=O) groups excluding carboxylic acids is 1. The van der Waals surface area contributed by atoms with Gasteiger partial charge >= 0.3 is 0 Å². The second-order valence-corrected chi connectivity index (χ2v) is 8.48. The van der Waals surface area contributed by atoms with Crippen LogP contribution in [0.4, 0.5) is 5.95 Å². The van der Waals surface area contributed by atoms with Crippen molar-refractivity contribution in [2.45, 2.75) is 17.7 Å². The molecule has 1 saturated heterocycles. The molecule has 0 bridgehead atoms. The Labute approximate surface area is 179 Å². The molecule has 2 heterocycles. The first-order valence-corrected chi connectivity index (χ1v) is 10.9. The van der Waals surface area contributed by atoms with Gasteiger partial charge in [0.1, 0.15) is 5.25 Å². The van der Waals surface area contributed by atoms with Crippen molar-refractivity contribution in [2.75, 3.05) is 17.6 Å². The molecule has 7 heteroatoms. The predicted octanol–water partition coefficient (Wildman–Crippen LogP) is 4.57. The Balaban J connectivity index is 1.45. The van der Waals surface area contributed by atoms with Crippen LogP contribution in [0.15, 0.2) is 67.0 Å². The molecule has 4 rings (SSSR count). The van der Waals surface area contributed by atoms with E-state index in [1.807, 2.05) is 36.4 Å². The Kier molecular flexibility index (Phi) is 6.32. The molecule has 0 aliphatic carbocycles. The molecule has 2 aromatic carbocycles. The Morgan fingerprint density at radius 1 is 1.07 bits per heavy atom. The highest BCUT2D eigenvalue weighted by Gasteiger charge is 2.27. The van der Waals surface area contributed by atoms with Gasteiger partial charge in [-0.1, -0.05) is 41.9 Å². The predicted molar refractivity (Wildman–Crippen MR) is 119 cm³/mol. The van der Waals surface area contributed by atoms with Crippen molar-refractivity contribution in [3.63, 3.8) is 0 Å². The minimum absolute atomic E-state index is 0.0431. The van der Waals surface area contributed by atoms with E-state index in [1.165, 1.54) is 0 Å². The number of aromatic nitrogens is 2. The van der Waals surface area contributed by atoms with Gasteiger partial charge in [-0.25, -0.2) is 9.97 Å². The van der Waals surface area contributed by atoms with Gasteiger partial charge in [0, 0.05) is 30.0 Å². The third-order valence-electron chi connectivity index (χ3n) is 4.77. The van der Waals surface area contributed by atoms with Crippen LogP contribution in [0.25, 0.3) is 11.1 Å². The number of rotatable bonds is 5. The number of hydrogen-bond donors (Lipinski definition) is 2. The molecule has 1 aromatic heterocycles. The molecular weight excluding hydrogens is 404 g/mol. The van der Waals surface area contributed by atoms with E-state index in [0.717, 1.165) is 28.9 Å². The molecule has 0 spiro atoms. The molecule has 0 radical (unpaired) electrons. The zero-order valence-corrected chi connectivity index (χ0v) is 17.3. The quantitative estimate of drug-likeness (QED) is 0.627. The zero-order chi connectivity index (χ0) is 20.1. The van der Waals surface area contributed by atoms with Gasteiger partial charge in [-0.15, -0.1) is 11.8 Å². The Morgan fingerprint density at radius 2 is 1.86 bits per heavy atom. The standard InChI is InChI=1S/C22H21ClN4OS/c23-18-7-5-15(6-8-18)16-3-1-4-17(13-16)20-21(28)27-19(9-12-29-20)14-26-22-24-10-2-11-25-22/h1-8,10-11,13,19-20H,9,12,14H2,(H,27,28)(H,24,25,26)/t19-,20+/m0/s1. The molecule has 0 unspecified atom stereocenters. The largest absolute Gasteiger partial charge is 0.352 e. The molecule has 1 amide bonds. The van der Waals surface area contributed by atoms with Crippen molar-refractivity contribution in [3.05, 3.63) is 77.6 Å². The van der Waals surface area contributed by atoms with Crippen LogP contribution >= 0.6 is 23.4 Å². The van der Waals surface area contributed by atoms with Crippen molar-refractivity contribution in [1.82, 2.24) is 15.3 Å². The molecule has 1 aliphatic rings. The van der Waals surface area contributed by atoms with E-state index < -0.39 is 0 Å². The van der Waals surface area contributed by atoms with Crippen LogP contribution in [0, 0.1) is 0 Å². The first-order chi connectivity index (χ1) is 14.2. The number of amides is 1. The number of nitrogens with one attached hydrogen (secondary N) is 2. The van der Waals surface area contributed by atoms with Crippen LogP contribution in [0.3, 0.4) is 0 Å². The van der Waals surface area contributed by atoms with Crippen molar-refractivity contribution >= 4 is 35.2 Å². The first-order valence-electron chi connectivity index (χ1n) is 9.48. The van der Waals surface area contributed by atoms with Gasteiger partial charge in [0.2, 0.25) is 11.9 Å². The van der Waals surface area contributed by atoms with Crippen LogP contribution in [0.5, 0.6) is 0 Å². The van der Waals surface area contributed by atoms with E-state index in [1.54, 1.807) is 30.2 Å². The molecule has 2 atom stereocenters. The van der Waals surface area contributed by atoms with Gasteiger partial charge in [-0.3, -0.25) is 4.79 Å². The Bertz CT molecular complexity index is 968. The number of benzene rings is 2. The summed E-state index contributed by atoms with van der Waals surface area (Å²) in [5, 5.41) is 6.85. The van der Waals surface area contributed by atoms with Crippen molar-refractivity contribution < 1.29 is 4.79 Å². The highest BCUT2D eigenvalue weighted by Crippen LogP contribution is 2.34. The van der Waals surface area contributed by atoms with Gasteiger partial charge in [-0.05, 0) is 53.1 Å². The minimum atomic E-state index is -0.222. The average molecular weight is 425 g/mol. The second-order valence-electron chi connectivity index (χ2n) is 6.83. The second kappa shape index (κ2) is 9.29. The summed E-state index contributed by atoms with van der Waals surface area (Å²) in [4.78, 5) is 21.2. The molecule has 3 aromatic rings. The topological polar surface area (TPSA) is 66.9 Å². The number of anilines is 1. The number of nitrogens with zero attached hydrogens (tertiary/aromatic N) is 2. The van der Waals surface area contributed by atoms with Crippen LogP contribution in [-0.4, -0.2) is 34.2 Å². The molecule has 2 N–H and O–H groups in total. The fourth-order valence-corrected chi connectivity index (χ4v) is 4.62. The Hall–Kier alpha value is -2.57. The summed E-state index contributed by atoms with van der Waals surface area (Å²) in [6.07, 6.45) is 4.28. The first kappa shape index (κ1) is 19.7. The lowest BCUT2D eigenvalue weighted by Crippen LogP contribution is -2.40. The lowest BCUT2D eigenvalue weighted by atomic mass is 10.0. The summed E-state index contributed by atoms with van der Waals surface area (Å²) >= 11 is 7.68. The van der Waals surface area contributed by atoms with E-state index in [4.69, 9.17) is 11.6 Å². The third-order valence-corrected chi connectivity index (χ3v) is 6.32. The van der Waals surface area contributed by atoms with Gasteiger partial charge in [0.15, 0.2) is 0 Å². The summed E-state index contributed by atoms with van der Waals surface area (Å²) in [6, 6.07) is 17.7. The molecule has 29 heavy (non-hydrogen) atoms. The van der Waals surface area contributed by atoms with Crippen molar-refractivity contribution in [1.29, 1.82) is 0 Å². The average Bonchev–Trinajstić information content (AvgIpc) is 2.94. The summed E-state index contributed by atoms with van der Waals surface area (Å²) < 4.78 is 0. The van der Waals surface area contributed by atoms with Crippen molar-refractivity contribution in [3.8, 4) is 11.1 Å². The maximum Gasteiger partial charge on any atom is 0.237 e. The van der Waals surface area contributed by atoms with Crippen molar-refractivity contribution in [2.24, 2.45) is 0 Å². The summed E-state index contributed by atoms with van der Waals surface area (Å²) in [5.74, 6) is 1.52. The van der Waals surface area contributed by atoms with Crippen LogP contribution < -0.4 is 10.6 Å². The number of thioether (sulfide) groups is 1. The summed E-state index contributed by atoms with van der Waals surface area (Å²) in [7, 11) is 0. The number of halogens is 1. The van der Waals surface area contributed by atoms with Gasteiger partial charge in [-0.2, -0.15) is 0 Å². The molecule has 1 aliphatic heterocycles. The Morgan fingerprint density at radius 3 is 2.66 bits per heavy atom.